The van der Waals surface area contributed by atoms with E-state index in [2.05, 4.69) is 20.3 Å². The van der Waals surface area contributed by atoms with Crippen molar-refractivity contribution in [3.8, 4) is 0 Å². The number of aliphatic hydroxyl groups excluding tert-OH is 1. The van der Waals surface area contributed by atoms with Crippen molar-refractivity contribution in [3.63, 3.8) is 0 Å². The summed E-state index contributed by atoms with van der Waals surface area (Å²) in [7, 11) is 3.87. The lowest BCUT2D eigenvalue weighted by atomic mass is 10.2. The molecule has 2 N–H and O–H groups in total. The molecule has 2 aromatic heterocycles. The number of nitrogens with one attached hydrogen (secondary N) is 1. The van der Waals surface area contributed by atoms with Crippen molar-refractivity contribution in [1.29, 1.82) is 0 Å². The van der Waals surface area contributed by atoms with Gasteiger partial charge < -0.3 is 15.3 Å². The summed E-state index contributed by atoms with van der Waals surface area (Å²) in [5.41, 5.74) is 1.77. The van der Waals surface area contributed by atoms with Crippen molar-refractivity contribution < 1.29 is 5.11 Å². The highest BCUT2D eigenvalue weighted by atomic mass is 16.3. The first kappa shape index (κ1) is 14.2. The molecule has 0 unspecified atom stereocenters. The monoisotopic (exact) mass is 273 g/mol. The summed E-state index contributed by atoms with van der Waals surface area (Å²) in [6, 6.07) is 3.63. The lowest BCUT2D eigenvalue weighted by Crippen LogP contribution is -2.17. The van der Waals surface area contributed by atoms with Crippen LogP contribution >= 0.6 is 0 Å². The second kappa shape index (κ2) is 6.29. The molecule has 0 spiro atoms. The number of aliphatic hydroxyl groups is 1. The second-order valence-corrected chi connectivity index (χ2v) is 4.78. The number of hydrogen-bond acceptors (Lipinski definition) is 6. The van der Waals surface area contributed by atoms with Gasteiger partial charge in [0.1, 0.15) is 5.82 Å². The van der Waals surface area contributed by atoms with Gasteiger partial charge in [0.2, 0.25) is 5.95 Å². The Bertz CT molecular complexity index is 559. The van der Waals surface area contributed by atoms with Gasteiger partial charge in [-0.15, -0.1) is 0 Å². The molecule has 6 nitrogen and oxygen atoms in total. The zero-order valence-electron chi connectivity index (χ0n) is 11.9. The number of anilines is 2. The van der Waals surface area contributed by atoms with E-state index in [1.165, 1.54) is 0 Å². The molecule has 0 aliphatic carbocycles. The standard InChI is InChI=1S/C14H19N5O/c1-10-7-16-14(18-13(10)19(2)3)17-9-12(20)11-5-4-6-15-8-11/h4-8,12,20H,9H2,1-3H3,(H,16,17,18)/t12-/m0/s1. The number of rotatable bonds is 5. The van der Waals surface area contributed by atoms with Gasteiger partial charge in [-0.3, -0.25) is 4.98 Å². The molecule has 2 heterocycles. The fraction of sp³-hybridized carbons (Fsp3) is 0.357. The Hall–Kier alpha value is -2.21. The van der Waals surface area contributed by atoms with Gasteiger partial charge in [-0.2, -0.15) is 4.98 Å². The van der Waals surface area contributed by atoms with Crippen molar-refractivity contribution in [1.82, 2.24) is 15.0 Å². The van der Waals surface area contributed by atoms with E-state index in [9.17, 15) is 5.11 Å². The molecule has 2 aromatic rings. The van der Waals surface area contributed by atoms with Crippen LogP contribution in [0, 0.1) is 6.92 Å². The minimum atomic E-state index is -0.642. The fourth-order valence-corrected chi connectivity index (χ4v) is 1.85. The van der Waals surface area contributed by atoms with Gasteiger partial charge >= 0.3 is 0 Å². The van der Waals surface area contributed by atoms with Crippen LogP contribution in [0.4, 0.5) is 11.8 Å². The molecule has 1 atom stereocenters. The van der Waals surface area contributed by atoms with Crippen LogP contribution < -0.4 is 10.2 Å². The summed E-state index contributed by atoms with van der Waals surface area (Å²) in [6.45, 7) is 2.30. The van der Waals surface area contributed by atoms with E-state index in [0.717, 1.165) is 16.9 Å². The lowest BCUT2D eigenvalue weighted by Gasteiger charge is -2.16. The Labute approximate surface area is 118 Å². The Morgan fingerprint density at radius 2 is 2.15 bits per heavy atom. The molecule has 0 aliphatic heterocycles. The molecule has 20 heavy (non-hydrogen) atoms. The molecule has 0 aliphatic rings. The maximum Gasteiger partial charge on any atom is 0.224 e. The molecule has 106 valence electrons. The highest BCUT2D eigenvalue weighted by Gasteiger charge is 2.09. The van der Waals surface area contributed by atoms with Gasteiger partial charge in [-0.1, -0.05) is 6.07 Å². The van der Waals surface area contributed by atoms with E-state index in [-0.39, 0.29) is 0 Å². The predicted octanol–water partition coefficient (Wildman–Crippen LogP) is 1.39. The van der Waals surface area contributed by atoms with Crippen LogP contribution in [0.1, 0.15) is 17.2 Å². The average molecular weight is 273 g/mol. The average Bonchev–Trinajstić information content (AvgIpc) is 2.46. The summed E-state index contributed by atoms with van der Waals surface area (Å²) < 4.78 is 0. The van der Waals surface area contributed by atoms with E-state index >= 15 is 0 Å². The van der Waals surface area contributed by atoms with E-state index in [1.807, 2.05) is 32.0 Å². The quantitative estimate of drug-likeness (QED) is 0.857. The molecular weight excluding hydrogens is 254 g/mol. The molecule has 0 radical (unpaired) electrons. The maximum absolute atomic E-state index is 10.0. The molecule has 2 rings (SSSR count). The number of aromatic nitrogens is 3. The number of pyridine rings is 1. The minimum Gasteiger partial charge on any atom is -0.387 e. The smallest absolute Gasteiger partial charge is 0.224 e. The Kier molecular flexibility index (Phi) is 4.47. The van der Waals surface area contributed by atoms with Gasteiger partial charge in [0.15, 0.2) is 0 Å². The molecule has 0 amide bonds. The molecule has 6 heteroatoms. The summed E-state index contributed by atoms with van der Waals surface area (Å²) in [4.78, 5) is 14.5. The van der Waals surface area contributed by atoms with Crippen molar-refractivity contribution in [2.45, 2.75) is 13.0 Å². The van der Waals surface area contributed by atoms with E-state index in [1.54, 1.807) is 24.7 Å². The molecule has 0 saturated heterocycles. The first-order valence-corrected chi connectivity index (χ1v) is 6.40. The fourth-order valence-electron chi connectivity index (χ4n) is 1.85. The third-order valence-electron chi connectivity index (χ3n) is 2.89. The van der Waals surface area contributed by atoms with Crippen LogP contribution in [0.2, 0.25) is 0 Å². The van der Waals surface area contributed by atoms with E-state index in [0.29, 0.717) is 12.5 Å². The second-order valence-electron chi connectivity index (χ2n) is 4.78. The molecule has 0 bridgehead atoms. The van der Waals surface area contributed by atoms with Gasteiger partial charge in [-0.05, 0) is 13.0 Å². The van der Waals surface area contributed by atoms with Crippen molar-refractivity contribution in [3.05, 3.63) is 41.9 Å². The van der Waals surface area contributed by atoms with Gasteiger partial charge in [0.05, 0.1) is 6.10 Å². The SMILES string of the molecule is Cc1cnc(NC[C@H](O)c2cccnc2)nc1N(C)C. The molecule has 0 fully saturated rings. The van der Waals surface area contributed by atoms with Crippen LogP contribution in [0.3, 0.4) is 0 Å². The number of hydrogen-bond donors (Lipinski definition) is 2. The summed E-state index contributed by atoms with van der Waals surface area (Å²) in [5, 5.41) is 13.1. The molecular formula is C14H19N5O. The minimum absolute atomic E-state index is 0.335. The van der Waals surface area contributed by atoms with Crippen LogP contribution in [0.5, 0.6) is 0 Å². The first-order chi connectivity index (χ1) is 9.58. The highest BCUT2D eigenvalue weighted by molar-refractivity contribution is 5.47. The van der Waals surface area contributed by atoms with Crippen LogP contribution in [0.15, 0.2) is 30.7 Å². The number of nitrogens with zero attached hydrogens (tertiary/aromatic N) is 4. The maximum atomic E-state index is 10.0. The lowest BCUT2D eigenvalue weighted by molar-refractivity contribution is 0.191. The Balaban J connectivity index is 2.02. The first-order valence-electron chi connectivity index (χ1n) is 6.40. The van der Waals surface area contributed by atoms with Crippen molar-refractivity contribution in [2.24, 2.45) is 0 Å². The molecule has 0 saturated carbocycles. The van der Waals surface area contributed by atoms with Crippen molar-refractivity contribution >= 4 is 11.8 Å². The summed E-state index contributed by atoms with van der Waals surface area (Å²) in [5.74, 6) is 1.36. The van der Waals surface area contributed by atoms with Crippen LogP contribution in [-0.2, 0) is 0 Å². The zero-order chi connectivity index (χ0) is 14.5. The van der Waals surface area contributed by atoms with Crippen molar-refractivity contribution in [2.75, 3.05) is 30.9 Å². The third-order valence-corrected chi connectivity index (χ3v) is 2.89. The predicted molar refractivity (Wildman–Crippen MR) is 78.8 cm³/mol. The summed E-state index contributed by atoms with van der Waals surface area (Å²) in [6.07, 6.45) is 4.45. The Morgan fingerprint density at radius 3 is 2.80 bits per heavy atom. The topological polar surface area (TPSA) is 74.2 Å². The van der Waals surface area contributed by atoms with E-state index in [4.69, 9.17) is 0 Å². The largest absolute Gasteiger partial charge is 0.387 e. The molecule has 0 aromatic carbocycles. The van der Waals surface area contributed by atoms with Crippen LogP contribution in [0.25, 0.3) is 0 Å². The van der Waals surface area contributed by atoms with Gasteiger partial charge in [0.25, 0.3) is 0 Å². The van der Waals surface area contributed by atoms with E-state index < -0.39 is 6.10 Å². The summed E-state index contributed by atoms with van der Waals surface area (Å²) >= 11 is 0. The number of aryl methyl sites for hydroxylation is 1. The third kappa shape index (κ3) is 3.42. The zero-order valence-corrected chi connectivity index (χ0v) is 11.9. The van der Waals surface area contributed by atoms with Gasteiger partial charge in [-0.25, -0.2) is 4.98 Å². The normalized spacial score (nSPS) is 12.0. The highest BCUT2D eigenvalue weighted by Crippen LogP contribution is 2.16. The van der Waals surface area contributed by atoms with Gasteiger partial charge in [0, 0.05) is 50.4 Å². The van der Waals surface area contributed by atoms with Crippen LogP contribution in [-0.4, -0.2) is 40.7 Å². The Morgan fingerprint density at radius 1 is 1.35 bits per heavy atom.